The number of para-hydroxylation sites is 1. The summed E-state index contributed by atoms with van der Waals surface area (Å²) in [6.45, 7) is 5.48. The van der Waals surface area contributed by atoms with Crippen LogP contribution in [0.2, 0.25) is 0 Å². The maximum Gasteiger partial charge on any atom is 0.338 e. The van der Waals surface area contributed by atoms with Crippen LogP contribution in [-0.2, 0) is 4.74 Å². The number of ether oxygens (including phenoxy) is 2. The summed E-state index contributed by atoms with van der Waals surface area (Å²) in [6, 6.07) is 10.5. The molecule has 6 nitrogen and oxygen atoms in total. The number of aromatic nitrogens is 1. The lowest BCUT2D eigenvalue weighted by atomic mass is 10.1. The van der Waals surface area contributed by atoms with Crippen LogP contribution in [0.15, 0.2) is 36.4 Å². The van der Waals surface area contributed by atoms with E-state index in [0.717, 1.165) is 10.3 Å². The van der Waals surface area contributed by atoms with Crippen molar-refractivity contribution in [3.8, 4) is 5.75 Å². The highest BCUT2D eigenvalue weighted by atomic mass is 32.1. The van der Waals surface area contributed by atoms with Gasteiger partial charge in [-0.1, -0.05) is 23.5 Å². The normalized spacial score (nSPS) is 10.9. The number of carbonyl (C=O) groups excluding carboxylic acids is 2. The molecule has 0 aliphatic rings. The molecule has 27 heavy (non-hydrogen) atoms. The van der Waals surface area contributed by atoms with Gasteiger partial charge >= 0.3 is 5.97 Å². The van der Waals surface area contributed by atoms with Gasteiger partial charge in [0.1, 0.15) is 5.75 Å². The Morgan fingerprint density at radius 2 is 1.96 bits per heavy atom. The molecule has 0 spiro atoms. The second kappa shape index (κ2) is 7.75. The van der Waals surface area contributed by atoms with Crippen LogP contribution in [0.25, 0.3) is 10.2 Å². The third kappa shape index (κ3) is 4.09. The molecule has 3 rings (SSSR count). The van der Waals surface area contributed by atoms with E-state index in [9.17, 15) is 9.59 Å². The molecule has 0 fully saturated rings. The van der Waals surface area contributed by atoms with Crippen molar-refractivity contribution in [1.82, 2.24) is 4.98 Å². The number of benzene rings is 2. The van der Waals surface area contributed by atoms with Crippen LogP contribution in [0, 0.1) is 6.92 Å². The lowest BCUT2D eigenvalue weighted by molar-refractivity contribution is 0.0378. The number of anilines is 1. The molecule has 0 unspecified atom stereocenters. The fourth-order valence-corrected chi connectivity index (χ4v) is 3.55. The van der Waals surface area contributed by atoms with Crippen molar-refractivity contribution in [3.05, 3.63) is 53.1 Å². The summed E-state index contributed by atoms with van der Waals surface area (Å²) < 4.78 is 11.3. The van der Waals surface area contributed by atoms with Crippen molar-refractivity contribution in [2.75, 3.05) is 12.4 Å². The molecule has 1 aromatic heterocycles. The summed E-state index contributed by atoms with van der Waals surface area (Å²) in [5, 5.41) is 3.25. The molecule has 0 saturated carbocycles. The van der Waals surface area contributed by atoms with Gasteiger partial charge in [0.2, 0.25) is 0 Å². The minimum absolute atomic E-state index is 0.186. The van der Waals surface area contributed by atoms with E-state index in [2.05, 4.69) is 10.3 Å². The Labute approximate surface area is 161 Å². The molecule has 0 radical (unpaired) electrons. The average Bonchev–Trinajstić information content (AvgIpc) is 3.02. The summed E-state index contributed by atoms with van der Waals surface area (Å²) in [5.41, 5.74) is 2.48. The van der Waals surface area contributed by atoms with Gasteiger partial charge in [-0.2, -0.15) is 0 Å². The number of carbonyl (C=O) groups is 2. The highest BCUT2D eigenvalue weighted by Crippen LogP contribution is 2.29. The molecule has 0 aliphatic carbocycles. The van der Waals surface area contributed by atoms with Crippen molar-refractivity contribution in [2.24, 2.45) is 0 Å². The number of thiazole rings is 1. The molecular weight excluding hydrogens is 364 g/mol. The van der Waals surface area contributed by atoms with Gasteiger partial charge in [-0.25, -0.2) is 9.78 Å². The largest absolute Gasteiger partial charge is 0.496 e. The predicted octanol–water partition coefficient (Wildman–Crippen LogP) is 4.43. The van der Waals surface area contributed by atoms with E-state index < -0.39 is 0 Å². The Balaban J connectivity index is 1.85. The molecule has 3 aromatic rings. The standard InChI is InChI=1S/C20H20N2O4S/c1-11(2)26-19(24)13-8-9-15-16(10-13)27-20(21-15)22-18(23)14-7-5-6-12(3)17(14)25-4/h5-11H,1-4H3,(H,21,22,23). The zero-order valence-electron chi connectivity index (χ0n) is 15.5. The molecule has 7 heteroatoms. The fraction of sp³-hybridized carbons (Fsp3) is 0.250. The summed E-state index contributed by atoms with van der Waals surface area (Å²) >= 11 is 1.30. The average molecular weight is 384 g/mol. The Kier molecular flexibility index (Phi) is 5.41. The number of aryl methyl sites for hydroxylation is 1. The number of methoxy groups -OCH3 is 1. The van der Waals surface area contributed by atoms with Crippen LogP contribution in [-0.4, -0.2) is 30.1 Å². The highest BCUT2D eigenvalue weighted by Gasteiger charge is 2.17. The fourth-order valence-electron chi connectivity index (χ4n) is 2.65. The smallest absolute Gasteiger partial charge is 0.338 e. The summed E-state index contributed by atoms with van der Waals surface area (Å²) in [6.07, 6.45) is -0.186. The third-order valence-corrected chi connectivity index (χ3v) is 4.78. The summed E-state index contributed by atoms with van der Waals surface area (Å²) in [5.74, 6) is -0.140. The van der Waals surface area contributed by atoms with Gasteiger partial charge in [0.05, 0.1) is 34.6 Å². The van der Waals surface area contributed by atoms with E-state index in [1.54, 1.807) is 44.2 Å². The predicted molar refractivity (Wildman–Crippen MR) is 106 cm³/mol. The first-order valence-corrected chi connectivity index (χ1v) is 9.27. The second-order valence-corrected chi connectivity index (χ2v) is 7.30. The van der Waals surface area contributed by atoms with Crippen molar-refractivity contribution in [3.63, 3.8) is 0 Å². The van der Waals surface area contributed by atoms with E-state index in [0.29, 0.717) is 27.5 Å². The molecule has 2 aromatic carbocycles. The Bertz CT molecular complexity index is 1010. The van der Waals surface area contributed by atoms with Gasteiger partial charge in [0.25, 0.3) is 5.91 Å². The van der Waals surface area contributed by atoms with E-state index in [4.69, 9.17) is 9.47 Å². The van der Waals surface area contributed by atoms with Crippen molar-refractivity contribution in [2.45, 2.75) is 26.9 Å². The van der Waals surface area contributed by atoms with Gasteiger partial charge in [0.15, 0.2) is 5.13 Å². The quantitative estimate of drug-likeness (QED) is 0.659. The van der Waals surface area contributed by atoms with Gasteiger partial charge < -0.3 is 9.47 Å². The minimum atomic E-state index is -0.379. The Hall–Kier alpha value is -2.93. The topological polar surface area (TPSA) is 77.5 Å². The van der Waals surface area contributed by atoms with Crippen LogP contribution in [0.3, 0.4) is 0 Å². The molecule has 140 valence electrons. The molecule has 0 saturated heterocycles. The molecule has 0 bridgehead atoms. The van der Waals surface area contributed by atoms with E-state index >= 15 is 0 Å². The third-order valence-electron chi connectivity index (χ3n) is 3.85. The van der Waals surface area contributed by atoms with Gasteiger partial charge in [-0.15, -0.1) is 0 Å². The molecular formula is C20H20N2O4S. The number of nitrogens with zero attached hydrogens (tertiary/aromatic N) is 1. The second-order valence-electron chi connectivity index (χ2n) is 6.27. The van der Waals surface area contributed by atoms with E-state index in [1.165, 1.54) is 18.4 Å². The van der Waals surface area contributed by atoms with Gasteiger partial charge in [-0.05, 0) is 50.6 Å². The SMILES string of the molecule is COc1c(C)cccc1C(=O)Nc1nc2ccc(C(=O)OC(C)C)cc2s1. The summed E-state index contributed by atoms with van der Waals surface area (Å²) in [7, 11) is 1.54. The molecule has 0 atom stereocenters. The number of rotatable bonds is 5. The van der Waals surface area contributed by atoms with Crippen LogP contribution < -0.4 is 10.1 Å². The van der Waals surface area contributed by atoms with Crippen molar-refractivity contribution < 1.29 is 19.1 Å². The van der Waals surface area contributed by atoms with Crippen LogP contribution in [0.5, 0.6) is 5.75 Å². The number of hydrogen-bond donors (Lipinski definition) is 1. The summed E-state index contributed by atoms with van der Waals surface area (Å²) in [4.78, 5) is 29.1. The number of fused-ring (bicyclic) bond motifs is 1. The molecule has 0 aliphatic heterocycles. The lowest BCUT2D eigenvalue weighted by Crippen LogP contribution is -2.13. The Morgan fingerprint density at radius 1 is 1.19 bits per heavy atom. The van der Waals surface area contributed by atoms with Crippen molar-refractivity contribution in [1.29, 1.82) is 0 Å². The maximum atomic E-state index is 12.6. The van der Waals surface area contributed by atoms with Gasteiger partial charge in [-0.3, -0.25) is 10.1 Å². The maximum absolute atomic E-state index is 12.6. The first kappa shape index (κ1) is 18.8. The number of amides is 1. The van der Waals surface area contributed by atoms with Crippen LogP contribution in [0.1, 0.15) is 40.1 Å². The highest BCUT2D eigenvalue weighted by molar-refractivity contribution is 7.22. The van der Waals surface area contributed by atoms with Crippen molar-refractivity contribution >= 4 is 38.6 Å². The number of nitrogens with one attached hydrogen (secondary N) is 1. The van der Waals surface area contributed by atoms with Crippen LogP contribution >= 0.6 is 11.3 Å². The van der Waals surface area contributed by atoms with E-state index in [-0.39, 0.29) is 18.0 Å². The molecule has 1 heterocycles. The first-order valence-electron chi connectivity index (χ1n) is 8.45. The van der Waals surface area contributed by atoms with E-state index in [1.807, 2.05) is 13.0 Å². The zero-order valence-corrected chi connectivity index (χ0v) is 16.3. The monoisotopic (exact) mass is 384 g/mol. The first-order chi connectivity index (χ1) is 12.9. The zero-order chi connectivity index (χ0) is 19.6. The lowest BCUT2D eigenvalue weighted by Gasteiger charge is -2.10. The number of hydrogen-bond acceptors (Lipinski definition) is 6. The molecule has 1 amide bonds. The minimum Gasteiger partial charge on any atom is -0.496 e. The van der Waals surface area contributed by atoms with Crippen LogP contribution in [0.4, 0.5) is 5.13 Å². The Morgan fingerprint density at radius 3 is 2.67 bits per heavy atom. The number of esters is 1. The van der Waals surface area contributed by atoms with Gasteiger partial charge in [0, 0.05) is 0 Å². The molecule has 1 N–H and O–H groups in total.